The largest absolute Gasteiger partial charge is 0.368 e. The first-order chi connectivity index (χ1) is 6.86. The predicted octanol–water partition coefficient (Wildman–Crippen LogP) is 0.205. The predicted molar refractivity (Wildman–Crippen MR) is 49.4 cm³/mol. The SMILES string of the molecule is O=C(NCc1ccn[nH]1)C1CCCO1. The lowest BCUT2D eigenvalue weighted by Crippen LogP contribution is -2.33. The van der Waals surface area contributed by atoms with Crippen molar-refractivity contribution >= 4 is 5.91 Å². The Hall–Kier alpha value is -1.36. The highest BCUT2D eigenvalue weighted by Gasteiger charge is 2.22. The Balaban J connectivity index is 1.77. The van der Waals surface area contributed by atoms with Crippen LogP contribution >= 0.6 is 0 Å². The van der Waals surface area contributed by atoms with E-state index in [9.17, 15) is 4.79 Å². The summed E-state index contributed by atoms with van der Waals surface area (Å²) < 4.78 is 5.25. The van der Waals surface area contributed by atoms with E-state index in [0.29, 0.717) is 13.2 Å². The van der Waals surface area contributed by atoms with Crippen molar-refractivity contribution in [2.75, 3.05) is 6.61 Å². The summed E-state index contributed by atoms with van der Waals surface area (Å²) in [5.41, 5.74) is 0.899. The Bertz CT molecular complexity index is 291. The van der Waals surface area contributed by atoms with Gasteiger partial charge in [0.2, 0.25) is 5.91 Å². The van der Waals surface area contributed by atoms with E-state index >= 15 is 0 Å². The topological polar surface area (TPSA) is 67.0 Å². The van der Waals surface area contributed by atoms with Gasteiger partial charge in [-0.1, -0.05) is 0 Å². The molecule has 0 saturated carbocycles. The standard InChI is InChI=1S/C9H13N3O2/c13-9(8-2-1-5-14-8)10-6-7-3-4-11-12-7/h3-4,8H,1-2,5-6H2,(H,10,13)(H,11,12). The molecule has 0 aliphatic carbocycles. The summed E-state index contributed by atoms with van der Waals surface area (Å²) in [6.07, 6.45) is 3.21. The molecule has 0 aromatic carbocycles. The fourth-order valence-electron chi connectivity index (χ4n) is 1.46. The van der Waals surface area contributed by atoms with E-state index in [0.717, 1.165) is 18.5 Å². The van der Waals surface area contributed by atoms with Gasteiger partial charge in [0.25, 0.3) is 0 Å². The molecule has 1 amide bonds. The number of aromatic nitrogens is 2. The van der Waals surface area contributed by atoms with Gasteiger partial charge in [-0.3, -0.25) is 9.89 Å². The molecule has 1 atom stereocenters. The second kappa shape index (κ2) is 4.23. The maximum absolute atomic E-state index is 11.5. The van der Waals surface area contributed by atoms with Gasteiger partial charge >= 0.3 is 0 Å². The molecule has 2 N–H and O–H groups in total. The molecule has 1 aliphatic heterocycles. The number of nitrogens with one attached hydrogen (secondary N) is 2. The molecular weight excluding hydrogens is 182 g/mol. The van der Waals surface area contributed by atoms with Crippen molar-refractivity contribution < 1.29 is 9.53 Å². The molecule has 2 rings (SSSR count). The van der Waals surface area contributed by atoms with Crippen LogP contribution in [-0.4, -0.2) is 28.8 Å². The van der Waals surface area contributed by atoms with Crippen LogP contribution in [0.4, 0.5) is 0 Å². The fraction of sp³-hybridized carbons (Fsp3) is 0.556. The fourth-order valence-corrected chi connectivity index (χ4v) is 1.46. The van der Waals surface area contributed by atoms with Gasteiger partial charge in [0.05, 0.1) is 12.2 Å². The quantitative estimate of drug-likeness (QED) is 0.724. The van der Waals surface area contributed by atoms with Crippen LogP contribution in [0, 0.1) is 0 Å². The van der Waals surface area contributed by atoms with Gasteiger partial charge in [-0.15, -0.1) is 0 Å². The Morgan fingerprint density at radius 3 is 3.36 bits per heavy atom. The second-order valence-electron chi connectivity index (χ2n) is 3.30. The van der Waals surface area contributed by atoms with Crippen LogP contribution in [0.3, 0.4) is 0 Å². The lowest BCUT2D eigenvalue weighted by molar-refractivity contribution is -0.130. The third kappa shape index (κ3) is 2.11. The van der Waals surface area contributed by atoms with E-state index in [1.807, 2.05) is 6.07 Å². The molecule has 1 saturated heterocycles. The number of carbonyl (C=O) groups excluding carboxylic acids is 1. The van der Waals surface area contributed by atoms with Crippen LogP contribution in [-0.2, 0) is 16.1 Å². The van der Waals surface area contributed by atoms with Crippen molar-refractivity contribution in [3.8, 4) is 0 Å². The highest BCUT2D eigenvalue weighted by molar-refractivity contribution is 5.80. The van der Waals surface area contributed by atoms with Crippen molar-refractivity contribution in [3.05, 3.63) is 18.0 Å². The number of rotatable bonds is 3. The average Bonchev–Trinajstić information content (AvgIpc) is 2.87. The third-order valence-corrected chi connectivity index (χ3v) is 2.23. The summed E-state index contributed by atoms with van der Waals surface area (Å²) in [5.74, 6) is -0.0305. The van der Waals surface area contributed by atoms with E-state index in [2.05, 4.69) is 15.5 Å². The number of hydrogen-bond acceptors (Lipinski definition) is 3. The van der Waals surface area contributed by atoms with Crippen LogP contribution in [0.5, 0.6) is 0 Å². The Morgan fingerprint density at radius 1 is 1.79 bits per heavy atom. The minimum Gasteiger partial charge on any atom is -0.368 e. The molecule has 0 bridgehead atoms. The second-order valence-corrected chi connectivity index (χ2v) is 3.30. The molecule has 1 fully saturated rings. The molecule has 5 heteroatoms. The van der Waals surface area contributed by atoms with Crippen LogP contribution in [0.25, 0.3) is 0 Å². The number of H-pyrrole nitrogens is 1. The number of ether oxygens (including phenoxy) is 1. The molecular formula is C9H13N3O2. The van der Waals surface area contributed by atoms with Gasteiger partial charge in [-0.2, -0.15) is 5.10 Å². The first-order valence-corrected chi connectivity index (χ1v) is 4.74. The summed E-state index contributed by atoms with van der Waals surface area (Å²) in [4.78, 5) is 11.5. The molecule has 1 aromatic heterocycles. The molecule has 0 radical (unpaired) electrons. The van der Waals surface area contributed by atoms with E-state index in [-0.39, 0.29) is 12.0 Å². The van der Waals surface area contributed by atoms with Crippen molar-refractivity contribution in [3.63, 3.8) is 0 Å². The van der Waals surface area contributed by atoms with E-state index in [1.54, 1.807) is 6.20 Å². The summed E-state index contributed by atoms with van der Waals surface area (Å²) in [6, 6.07) is 1.83. The van der Waals surface area contributed by atoms with Gasteiger partial charge in [-0.25, -0.2) is 0 Å². The molecule has 14 heavy (non-hydrogen) atoms. The first-order valence-electron chi connectivity index (χ1n) is 4.74. The van der Waals surface area contributed by atoms with E-state index in [1.165, 1.54) is 0 Å². The van der Waals surface area contributed by atoms with Crippen LogP contribution in [0.1, 0.15) is 18.5 Å². The van der Waals surface area contributed by atoms with Crippen LogP contribution in [0.2, 0.25) is 0 Å². The van der Waals surface area contributed by atoms with Crippen molar-refractivity contribution in [1.29, 1.82) is 0 Å². The van der Waals surface area contributed by atoms with Crippen LogP contribution in [0.15, 0.2) is 12.3 Å². The highest BCUT2D eigenvalue weighted by atomic mass is 16.5. The lowest BCUT2D eigenvalue weighted by Gasteiger charge is -2.08. The molecule has 1 aliphatic rings. The highest BCUT2D eigenvalue weighted by Crippen LogP contribution is 2.11. The zero-order valence-corrected chi connectivity index (χ0v) is 7.82. The normalized spacial score (nSPS) is 21.0. The number of aromatic amines is 1. The smallest absolute Gasteiger partial charge is 0.249 e. The maximum atomic E-state index is 11.5. The lowest BCUT2D eigenvalue weighted by atomic mass is 10.2. The van der Waals surface area contributed by atoms with Gasteiger partial charge in [0.1, 0.15) is 6.10 Å². The minimum atomic E-state index is -0.252. The van der Waals surface area contributed by atoms with E-state index in [4.69, 9.17) is 4.74 Å². The molecule has 76 valence electrons. The molecule has 1 aromatic rings. The van der Waals surface area contributed by atoms with Crippen LogP contribution < -0.4 is 5.32 Å². The minimum absolute atomic E-state index is 0.0305. The van der Waals surface area contributed by atoms with Gasteiger partial charge in [0.15, 0.2) is 0 Å². The monoisotopic (exact) mass is 195 g/mol. The number of nitrogens with zero attached hydrogens (tertiary/aromatic N) is 1. The maximum Gasteiger partial charge on any atom is 0.249 e. The van der Waals surface area contributed by atoms with Gasteiger partial charge < -0.3 is 10.1 Å². The Morgan fingerprint density at radius 2 is 2.71 bits per heavy atom. The van der Waals surface area contributed by atoms with Gasteiger partial charge in [-0.05, 0) is 18.9 Å². The Labute approximate surface area is 81.8 Å². The molecule has 2 heterocycles. The van der Waals surface area contributed by atoms with Crippen molar-refractivity contribution in [1.82, 2.24) is 15.5 Å². The van der Waals surface area contributed by atoms with Gasteiger partial charge in [0, 0.05) is 12.8 Å². The summed E-state index contributed by atoms with van der Waals surface area (Å²) in [6.45, 7) is 1.18. The zero-order valence-electron chi connectivity index (χ0n) is 7.82. The Kier molecular flexibility index (Phi) is 2.78. The van der Waals surface area contributed by atoms with Crippen molar-refractivity contribution in [2.45, 2.75) is 25.5 Å². The number of carbonyl (C=O) groups is 1. The summed E-state index contributed by atoms with van der Waals surface area (Å²) in [5, 5.41) is 9.36. The molecule has 0 spiro atoms. The summed E-state index contributed by atoms with van der Waals surface area (Å²) >= 11 is 0. The average molecular weight is 195 g/mol. The third-order valence-electron chi connectivity index (χ3n) is 2.23. The zero-order chi connectivity index (χ0) is 9.80. The number of hydrogen-bond donors (Lipinski definition) is 2. The number of amides is 1. The summed E-state index contributed by atoms with van der Waals surface area (Å²) in [7, 11) is 0. The first kappa shape index (κ1) is 9.21. The van der Waals surface area contributed by atoms with Crippen molar-refractivity contribution in [2.24, 2.45) is 0 Å². The van der Waals surface area contributed by atoms with E-state index < -0.39 is 0 Å². The molecule has 1 unspecified atom stereocenters. The molecule has 5 nitrogen and oxygen atoms in total.